The molecule has 0 saturated carbocycles. The Kier molecular flexibility index (Phi) is 12.4. The van der Waals surface area contributed by atoms with Crippen molar-refractivity contribution < 1.29 is 18.0 Å². The Labute approximate surface area is 290 Å². The standard InChI is InChI=1S/C34H33Cl4N3O4S/c1-3-23(2)39-34(43)32(19-24-10-6-4-7-11-24)40(21-25-14-16-28(36)29(37)18-25)33(42)22-41(31-17-15-26(35)20-30(31)38)46(44,45)27-12-8-5-9-13-27/h4-18,20,23,32H,3,19,21-22H2,1-2H3,(H,39,43)/t23-,32+/m0/s1. The fraction of sp³-hybridized carbons (Fsp3) is 0.235. The molecular formula is C34H33Cl4N3O4S. The summed E-state index contributed by atoms with van der Waals surface area (Å²) in [7, 11) is -4.31. The molecule has 0 saturated heterocycles. The lowest BCUT2D eigenvalue weighted by Gasteiger charge is -2.34. The largest absolute Gasteiger partial charge is 0.352 e. The predicted molar refractivity (Wildman–Crippen MR) is 186 cm³/mol. The van der Waals surface area contributed by atoms with Crippen molar-refractivity contribution in [1.82, 2.24) is 10.2 Å². The molecule has 4 aromatic rings. The van der Waals surface area contributed by atoms with Gasteiger partial charge in [-0.15, -0.1) is 0 Å². The number of hydrogen-bond donors (Lipinski definition) is 1. The highest BCUT2D eigenvalue weighted by atomic mass is 35.5. The maximum atomic E-state index is 14.5. The summed E-state index contributed by atoms with van der Waals surface area (Å²) in [4.78, 5) is 29.8. The summed E-state index contributed by atoms with van der Waals surface area (Å²) in [6.07, 6.45) is 0.839. The van der Waals surface area contributed by atoms with E-state index in [0.29, 0.717) is 22.0 Å². The van der Waals surface area contributed by atoms with Crippen molar-refractivity contribution in [3.8, 4) is 0 Å². The van der Waals surface area contributed by atoms with Crippen molar-refractivity contribution in [2.75, 3.05) is 10.8 Å². The van der Waals surface area contributed by atoms with E-state index in [4.69, 9.17) is 46.4 Å². The van der Waals surface area contributed by atoms with Crippen LogP contribution in [0, 0.1) is 0 Å². The molecule has 0 aliphatic carbocycles. The third kappa shape index (κ3) is 8.96. The first-order chi connectivity index (χ1) is 21.9. The average molecular weight is 722 g/mol. The zero-order valence-corrected chi connectivity index (χ0v) is 29.0. The van der Waals surface area contributed by atoms with Gasteiger partial charge >= 0.3 is 0 Å². The van der Waals surface area contributed by atoms with Crippen molar-refractivity contribution in [3.05, 3.63) is 128 Å². The van der Waals surface area contributed by atoms with Crippen LogP contribution in [0.15, 0.2) is 102 Å². The van der Waals surface area contributed by atoms with Crippen LogP contribution >= 0.6 is 46.4 Å². The molecule has 0 spiro atoms. The lowest BCUT2D eigenvalue weighted by Crippen LogP contribution is -2.54. The van der Waals surface area contributed by atoms with E-state index in [9.17, 15) is 18.0 Å². The number of carbonyl (C=O) groups excluding carboxylic acids is 2. The molecule has 0 aliphatic heterocycles. The fourth-order valence-corrected chi connectivity index (χ4v) is 7.08. The van der Waals surface area contributed by atoms with Gasteiger partial charge in [0.25, 0.3) is 10.0 Å². The Morgan fingerprint density at radius 1 is 0.783 bits per heavy atom. The third-order valence-electron chi connectivity index (χ3n) is 7.40. The van der Waals surface area contributed by atoms with Gasteiger partial charge in [-0.3, -0.25) is 13.9 Å². The van der Waals surface area contributed by atoms with Gasteiger partial charge in [-0.25, -0.2) is 8.42 Å². The highest BCUT2D eigenvalue weighted by Gasteiger charge is 2.35. The smallest absolute Gasteiger partial charge is 0.264 e. The Bertz CT molecular complexity index is 1780. The molecule has 242 valence electrons. The van der Waals surface area contributed by atoms with Gasteiger partial charge in [0.2, 0.25) is 11.8 Å². The van der Waals surface area contributed by atoms with E-state index in [1.54, 1.807) is 36.4 Å². The van der Waals surface area contributed by atoms with Crippen LogP contribution in [0.2, 0.25) is 20.1 Å². The lowest BCUT2D eigenvalue weighted by atomic mass is 10.0. The summed E-state index contributed by atoms with van der Waals surface area (Å²) in [5.74, 6) is -1.02. The summed E-state index contributed by atoms with van der Waals surface area (Å²) in [6.45, 7) is 3.09. The molecule has 0 unspecified atom stereocenters. The number of carbonyl (C=O) groups is 2. The van der Waals surface area contributed by atoms with Gasteiger partial charge in [0, 0.05) is 24.0 Å². The van der Waals surface area contributed by atoms with Crippen LogP contribution in [-0.2, 0) is 32.6 Å². The maximum absolute atomic E-state index is 14.5. The number of anilines is 1. The molecule has 0 radical (unpaired) electrons. The lowest BCUT2D eigenvalue weighted by molar-refractivity contribution is -0.140. The van der Waals surface area contributed by atoms with Gasteiger partial charge in [0.05, 0.1) is 25.7 Å². The zero-order chi connectivity index (χ0) is 33.4. The summed E-state index contributed by atoms with van der Waals surface area (Å²) in [5, 5.41) is 3.93. The van der Waals surface area contributed by atoms with Gasteiger partial charge in [-0.1, -0.05) is 108 Å². The summed E-state index contributed by atoms with van der Waals surface area (Å²) >= 11 is 25.2. The van der Waals surface area contributed by atoms with Crippen molar-refractivity contribution in [1.29, 1.82) is 0 Å². The molecule has 4 rings (SSSR count). The molecule has 0 fully saturated rings. The number of hydrogen-bond acceptors (Lipinski definition) is 4. The third-order valence-corrected chi connectivity index (χ3v) is 10.4. The van der Waals surface area contributed by atoms with Crippen LogP contribution in [0.1, 0.15) is 31.4 Å². The Balaban J connectivity index is 1.84. The molecule has 4 aromatic carbocycles. The molecule has 46 heavy (non-hydrogen) atoms. The Morgan fingerprint density at radius 2 is 1.43 bits per heavy atom. The first-order valence-electron chi connectivity index (χ1n) is 14.5. The minimum atomic E-state index is -4.31. The Hall–Kier alpha value is -3.27. The second-order valence-corrected chi connectivity index (χ2v) is 14.2. The molecule has 0 aromatic heterocycles. The van der Waals surface area contributed by atoms with E-state index in [2.05, 4.69) is 5.32 Å². The van der Waals surface area contributed by atoms with Crippen molar-refractivity contribution in [3.63, 3.8) is 0 Å². The number of amides is 2. The number of benzene rings is 4. The Morgan fingerprint density at radius 3 is 2.04 bits per heavy atom. The topological polar surface area (TPSA) is 86.8 Å². The van der Waals surface area contributed by atoms with E-state index < -0.39 is 28.5 Å². The monoisotopic (exact) mass is 719 g/mol. The molecule has 0 aliphatic rings. The molecule has 12 heteroatoms. The van der Waals surface area contributed by atoms with Crippen LogP contribution in [0.4, 0.5) is 5.69 Å². The quantitative estimate of drug-likeness (QED) is 0.152. The summed E-state index contributed by atoms with van der Waals surface area (Å²) in [6, 6.07) is 25.1. The first kappa shape index (κ1) is 35.6. The first-order valence-corrected chi connectivity index (χ1v) is 17.5. The summed E-state index contributed by atoms with van der Waals surface area (Å²) in [5.41, 5.74) is 1.47. The number of halogens is 4. The van der Waals surface area contributed by atoms with E-state index in [1.165, 1.54) is 35.2 Å². The SMILES string of the molecule is CC[C@H](C)NC(=O)[C@@H](Cc1ccccc1)N(Cc1ccc(Cl)c(Cl)c1)C(=O)CN(c1ccc(Cl)cc1Cl)S(=O)(=O)c1ccccc1. The van der Waals surface area contributed by atoms with E-state index in [1.807, 2.05) is 44.2 Å². The van der Waals surface area contributed by atoms with Crippen molar-refractivity contribution >= 4 is 73.9 Å². The average Bonchev–Trinajstić information content (AvgIpc) is 3.04. The van der Waals surface area contributed by atoms with E-state index in [-0.39, 0.29) is 45.5 Å². The highest BCUT2D eigenvalue weighted by Crippen LogP contribution is 2.33. The van der Waals surface area contributed by atoms with Gasteiger partial charge in [0.15, 0.2) is 0 Å². The fourth-order valence-electron chi connectivity index (χ4n) is 4.75. The summed E-state index contributed by atoms with van der Waals surface area (Å²) < 4.78 is 29.1. The van der Waals surface area contributed by atoms with Gasteiger partial charge in [-0.05, 0) is 66.9 Å². The molecule has 2 amide bonds. The molecule has 0 heterocycles. The van der Waals surface area contributed by atoms with Gasteiger partial charge < -0.3 is 10.2 Å². The second-order valence-electron chi connectivity index (χ2n) is 10.7. The highest BCUT2D eigenvalue weighted by molar-refractivity contribution is 7.92. The van der Waals surface area contributed by atoms with Gasteiger partial charge in [0.1, 0.15) is 12.6 Å². The number of rotatable bonds is 13. The minimum Gasteiger partial charge on any atom is -0.352 e. The van der Waals surface area contributed by atoms with Crippen LogP contribution < -0.4 is 9.62 Å². The maximum Gasteiger partial charge on any atom is 0.264 e. The minimum absolute atomic E-state index is 0.0335. The van der Waals surface area contributed by atoms with Crippen molar-refractivity contribution in [2.45, 2.75) is 50.2 Å². The predicted octanol–water partition coefficient (Wildman–Crippen LogP) is 8.05. The molecule has 7 nitrogen and oxygen atoms in total. The number of nitrogens with zero attached hydrogens (tertiary/aromatic N) is 2. The van der Waals surface area contributed by atoms with E-state index >= 15 is 0 Å². The zero-order valence-electron chi connectivity index (χ0n) is 25.2. The molecular weight excluding hydrogens is 688 g/mol. The number of sulfonamides is 1. The molecule has 0 bridgehead atoms. The molecule has 1 N–H and O–H groups in total. The van der Waals surface area contributed by atoms with Crippen LogP contribution in [-0.4, -0.2) is 43.8 Å². The van der Waals surface area contributed by atoms with Crippen LogP contribution in [0.25, 0.3) is 0 Å². The van der Waals surface area contributed by atoms with E-state index in [0.717, 1.165) is 9.87 Å². The normalized spacial score (nSPS) is 12.7. The molecule has 2 atom stereocenters. The van der Waals surface area contributed by atoms with Crippen molar-refractivity contribution in [2.24, 2.45) is 0 Å². The number of nitrogens with one attached hydrogen (secondary N) is 1. The van der Waals surface area contributed by atoms with Crippen LogP contribution in [0.3, 0.4) is 0 Å². The van der Waals surface area contributed by atoms with Crippen LogP contribution in [0.5, 0.6) is 0 Å². The van der Waals surface area contributed by atoms with Gasteiger partial charge in [-0.2, -0.15) is 0 Å². The second kappa shape index (κ2) is 16.0.